The molecule has 126 valence electrons. The number of carbonyl (C=O) groups excluding carboxylic acids is 1. The number of carboxylic acid groups (broad SMARTS) is 1. The van der Waals surface area contributed by atoms with E-state index < -0.39 is 11.9 Å². The Morgan fingerprint density at radius 1 is 1.42 bits per heavy atom. The highest BCUT2D eigenvalue weighted by Gasteiger charge is 2.39. The van der Waals surface area contributed by atoms with Crippen molar-refractivity contribution in [3.05, 3.63) is 47.5 Å². The smallest absolute Gasteiger partial charge is 0.308 e. The number of likely N-dealkylation sites (tertiary alicyclic amines) is 1. The van der Waals surface area contributed by atoms with Gasteiger partial charge in [-0.05, 0) is 31.0 Å². The minimum atomic E-state index is -0.896. The van der Waals surface area contributed by atoms with E-state index in [2.05, 4.69) is 10.3 Å². The van der Waals surface area contributed by atoms with Crippen molar-refractivity contribution in [3.63, 3.8) is 0 Å². The zero-order chi connectivity index (χ0) is 17.3. The van der Waals surface area contributed by atoms with Crippen molar-refractivity contribution in [1.82, 2.24) is 19.9 Å². The predicted octanol–water partition coefficient (Wildman–Crippen LogP) is 1.40. The van der Waals surface area contributed by atoms with Gasteiger partial charge < -0.3 is 10.0 Å². The summed E-state index contributed by atoms with van der Waals surface area (Å²) in [5.74, 6) is -2.13. The van der Waals surface area contributed by atoms with Crippen molar-refractivity contribution in [2.45, 2.75) is 25.9 Å². The van der Waals surface area contributed by atoms with Gasteiger partial charge in [-0.2, -0.15) is 0 Å². The molecule has 2 aromatic rings. The molecule has 0 saturated carbocycles. The molecule has 2 unspecified atom stereocenters. The lowest BCUT2D eigenvalue weighted by molar-refractivity contribution is -0.142. The van der Waals surface area contributed by atoms with Crippen LogP contribution >= 0.6 is 0 Å². The molecule has 8 heteroatoms. The second-order valence-electron chi connectivity index (χ2n) is 5.90. The number of benzene rings is 1. The highest BCUT2D eigenvalue weighted by Crippen LogP contribution is 2.25. The standard InChI is InChI=1S/C16H17FN4O3/c1-10-13(16(23)24)5-6-21(10)15(22)14-9-20(19-18-14)8-11-3-2-4-12(17)7-11/h2-4,7,9-10,13H,5-6,8H2,1H3,(H,23,24). The molecule has 7 nitrogen and oxygen atoms in total. The second-order valence-corrected chi connectivity index (χ2v) is 5.90. The number of hydrogen-bond donors (Lipinski definition) is 1. The number of aromatic nitrogens is 3. The van der Waals surface area contributed by atoms with Crippen molar-refractivity contribution in [1.29, 1.82) is 0 Å². The molecule has 1 aliphatic heterocycles. The predicted molar refractivity (Wildman–Crippen MR) is 81.8 cm³/mol. The fourth-order valence-electron chi connectivity index (χ4n) is 3.00. The number of halogens is 1. The summed E-state index contributed by atoms with van der Waals surface area (Å²) < 4.78 is 14.7. The summed E-state index contributed by atoms with van der Waals surface area (Å²) in [5, 5.41) is 16.9. The summed E-state index contributed by atoms with van der Waals surface area (Å²) in [6.07, 6.45) is 1.92. The van der Waals surface area contributed by atoms with E-state index in [1.807, 2.05) is 0 Å². The van der Waals surface area contributed by atoms with Crippen LogP contribution in [0.5, 0.6) is 0 Å². The average Bonchev–Trinajstić information content (AvgIpc) is 3.13. The summed E-state index contributed by atoms with van der Waals surface area (Å²) in [6, 6.07) is 5.72. The molecule has 2 heterocycles. The molecule has 0 radical (unpaired) electrons. The fraction of sp³-hybridized carbons (Fsp3) is 0.375. The first-order chi connectivity index (χ1) is 11.5. The Morgan fingerprint density at radius 3 is 2.88 bits per heavy atom. The highest BCUT2D eigenvalue weighted by molar-refractivity contribution is 5.93. The van der Waals surface area contributed by atoms with E-state index in [4.69, 9.17) is 5.11 Å². The van der Waals surface area contributed by atoms with Crippen molar-refractivity contribution < 1.29 is 19.1 Å². The van der Waals surface area contributed by atoms with Gasteiger partial charge in [0.25, 0.3) is 5.91 Å². The van der Waals surface area contributed by atoms with Crippen LogP contribution in [0.15, 0.2) is 30.5 Å². The van der Waals surface area contributed by atoms with Gasteiger partial charge in [0.05, 0.1) is 18.7 Å². The lowest BCUT2D eigenvalue weighted by Crippen LogP contribution is -2.37. The molecule has 1 amide bonds. The van der Waals surface area contributed by atoms with Crippen molar-refractivity contribution in [2.75, 3.05) is 6.54 Å². The first-order valence-electron chi connectivity index (χ1n) is 7.64. The van der Waals surface area contributed by atoms with Crippen LogP contribution in [-0.4, -0.2) is 49.5 Å². The van der Waals surface area contributed by atoms with Gasteiger partial charge in [0.15, 0.2) is 5.69 Å². The maximum atomic E-state index is 13.2. The molecule has 0 aliphatic carbocycles. The summed E-state index contributed by atoms with van der Waals surface area (Å²) in [5.41, 5.74) is 0.865. The molecule has 1 aromatic carbocycles. The largest absolute Gasteiger partial charge is 0.481 e. The molecule has 1 saturated heterocycles. The zero-order valence-electron chi connectivity index (χ0n) is 13.1. The van der Waals surface area contributed by atoms with E-state index >= 15 is 0 Å². The van der Waals surface area contributed by atoms with Crippen LogP contribution in [0.25, 0.3) is 0 Å². The van der Waals surface area contributed by atoms with E-state index in [1.54, 1.807) is 19.1 Å². The van der Waals surface area contributed by atoms with Gasteiger partial charge in [-0.25, -0.2) is 9.07 Å². The number of rotatable bonds is 4. The van der Waals surface area contributed by atoms with Gasteiger partial charge in [0.2, 0.25) is 0 Å². The molecule has 1 fully saturated rings. The van der Waals surface area contributed by atoms with Crippen LogP contribution in [0.1, 0.15) is 29.4 Å². The molecule has 24 heavy (non-hydrogen) atoms. The van der Waals surface area contributed by atoms with E-state index in [0.29, 0.717) is 25.1 Å². The van der Waals surface area contributed by atoms with E-state index in [0.717, 1.165) is 0 Å². The third-order valence-electron chi connectivity index (χ3n) is 4.32. The Kier molecular flexibility index (Phi) is 4.28. The summed E-state index contributed by atoms with van der Waals surface area (Å²) in [6.45, 7) is 2.40. The second kappa shape index (κ2) is 6.38. The zero-order valence-corrected chi connectivity index (χ0v) is 13.1. The monoisotopic (exact) mass is 332 g/mol. The van der Waals surface area contributed by atoms with Crippen molar-refractivity contribution in [3.8, 4) is 0 Å². The summed E-state index contributed by atoms with van der Waals surface area (Å²) in [7, 11) is 0. The minimum Gasteiger partial charge on any atom is -0.481 e. The van der Waals surface area contributed by atoms with E-state index in [-0.39, 0.29) is 23.5 Å². The Balaban J connectivity index is 1.71. The van der Waals surface area contributed by atoms with Crippen LogP contribution in [0, 0.1) is 11.7 Å². The van der Waals surface area contributed by atoms with Gasteiger partial charge in [-0.15, -0.1) is 5.10 Å². The van der Waals surface area contributed by atoms with Crippen LogP contribution < -0.4 is 0 Å². The minimum absolute atomic E-state index is 0.157. The number of carbonyl (C=O) groups is 2. The van der Waals surface area contributed by atoms with Gasteiger partial charge >= 0.3 is 5.97 Å². The molecule has 2 atom stereocenters. The van der Waals surface area contributed by atoms with Crippen molar-refractivity contribution in [2.24, 2.45) is 5.92 Å². The Labute approximate surface area is 137 Å². The lowest BCUT2D eigenvalue weighted by atomic mass is 10.0. The molecular weight excluding hydrogens is 315 g/mol. The number of hydrogen-bond acceptors (Lipinski definition) is 4. The molecule has 1 aliphatic rings. The maximum absolute atomic E-state index is 13.2. The van der Waals surface area contributed by atoms with Gasteiger partial charge in [-0.3, -0.25) is 9.59 Å². The molecule has 0 spiro atoms. The lowest BCUT2D eigenvalue weighted by Gasteiger charge is -2.21. The Morgan fingerprint density at radius 2 is 2.21 bits per heavy atom. The van der Waals surface area contributed by atoms with Gasteiger partial charge in [0.1, 0.15) is 5.82 Å². The molecule has 3 rings (SSSR count). The Hall–Kier alpha value is -2.77. The van der Waals surface area contributed by atoms with Gasteiger partial charge in [0, 0.05) is 12.6 Å². The van der Waals surface area contributed by atoms with Gasteiger partial charge in [-0.1, -0.05) is 17.3 Å². The SMILES string of the molecule is CC1C(C(=O)O)CCN1C(=O)c1cn(Cc2cccc(F)c2)nn1. The van der Waals surface area contributed by atoms with Crippen LogP contribution in [0.4, 0.5) is 4.39 Å². The first kappa shape index (κ1) is 16.1. The number of aliphatic carboxylic acids is 1. The normalized spacial score (nSPS) is 20.3. The van der Waals surface area contributed by atoms with Crippen LogP contribution in [-0.2, 0) is 11.3 Å². The first-order valence-corrected chi connectivity index (χ1v) is 7.64. The van der Waals surface area contributed by atoms with E-state index in [9.17, 15) is 14.0 Å². The third kappa shape index (κ3) is 3.12. The molecule has 1 aromatic heterocycles. The molecule has 1 N–H and O–H groups in total. The van der Waals surface area contributed by atoms with Crippen LogP contribution in [0.2, 0.25) is 0 Å². The molecule has 0 bridgehead atoms. The Bertz CT molecular complexity index is 776. The highest BCUT2D eigenvalue weighted by atomic mass is 19.1. The quantitative estimate of drug-likeness (QED) is 0.914. The number of amides is 1. The number of carboxylic acids is 1. The maximum Gasteiger partial charge on any atom is 0.308 e. The summed E-state index contributed by atoms with van der Waals surface area (Å²) >= 11 is 0. The average molecular weight is 332 g/mol. The molecular formula is C16H17FN4O3. The summed E-state index contributed by atoms with van der Waals surface area (Å²) in [4.78, 5) is 25.2. The third-order valence-corrected chi connectivity index (χ3v) is 4.32. The number of nitrogens with zero attached hydrogens (tertiary/aromatic N) is 4. The van der Waals surface area contributed by atoms with E-state index in [1.165, 1.54) is 27.9 Å². The topological polar surface area (TPSA) is 88.3 Å². The fourth-order valence-corrected chi connectivity index (χ4v) is 3.00. The van der Waals surface area contributed by atoms with Crippen LogP contribution in [0.3, 0.4) is 0 Å². The van der Waals surface area contributed by atoms with Crippen molar-refractivity contribution >= 4 is 11.9 Å².